The van der Waals surface area contributed by atoms with Crippen molar-refractivity contribution >= 4 is 29.4 Å². The van der Waals surface area contributed by atoms with Crippen molar-refractivity contribution in [3.8, 4) is 0 Å². The average Bonchev–Trinajstić information content (AvgIpc) is 3.40. The van der Waals surface area contributed by atoms with Gasteiger partial charge in [0.2, 0.25) is 5.91 Å². The number of amides is 3. The van der Waals surface area contributed by atoms with Crippen molar-refractivity contribution in [2.45, 2.75) is 6.42 Å². The highest BCUT2D eigenvalue weighted by Gasteiger charge is 2.51. The summed E-state index contributed by atoms with van der Waals surface area (Å²) in [4.78, 5) is 48.6. The van der Waals surface area contributed by atoms with Crippen LogP contribution in [-0.2, 0) is 9.59 Å². The Morgan fingerprint density at radius 2 is 1.35 bits per heavy atom. The summed E-state index contributed by atoms with van der Waals surface area (Å²) in [5.41, 5.74) is 6.01. The van der Waals surface area contributed by atoms with E-state index in [1.165, 1.54) is 12.1 Å². The van der Waals surface area contributed by atoms with Crippen molar-refractivity contribution in [2.75, 3.05) is 5.32 Å². The van der Waals surface area contributed by atoms with Crippen LogP contribution in [0.5, 0.6) is 0 Å². The zero-order valence-corrected chi connectivity index (χ0v) is 16.4. The van der Waals surface area contributed by atoms with Crippen molar-refractivity contribution < 1.29 is 24.3 Å². The van der Waals surface area contributed by atoms with Crippen molar-refractivity contribution in [2.24, 2.45) is 23.7 Å². The first kappa shape index (κ1) is 20.3. The van der Waals surface area contributed by atoms with Gasteiger partial charge in [-0.1, -0.05) is 30.4 Å². The number of carbonyl (C=O) groups excluding carboxylic acids is 3. The first-order chi connectivity index (χ1) is 14.9. The molecule has 4 rings (SSSR count). The lowest BCUT2D eigenvalue weighted by Crippen LogP contribution is -2.48. The van der Waals surface area contributed by atoms with Crippen LogP contribution in [0, 0.1) is 23.7 Å². The summed E-state index contributed by atoms with van der Waals surface area (Å²) >= 11 is 0. The number of carboxylic acids is 1. The normalized spacial score (nSPS) is 23.2. The molecule has 0 unspecified atom stereocenters. The largest absolute Gasteiger partial charge is 0.481 e. The Morgan fingerprint density at radius 3 is 2.00 bits per heavy atom. The van der Waals surface area contributed by atoms with E-state index in [1.807, 2.05) is 18.2 Å². The number of aliphatic carboxylic acids is 1. The topological polar surface area (TPSA) is 125 Å². The number of hydrogen-bond acceptors (Lipinski definition) is 4. The zero-order valence-electron chi connectivity index (χ0n) is 16.4. The predicted molar refractivity (Wildman–Crippen MR) is 112 cm³/mol. The molecule has 158 valence electrons. The molecule has 2 bridgehead atoms. The van der Waals surface area contributed by atoms with Crippen LogP contribution in [0.4, 0.5) is 5.69 Å². The van der Waals surface area contributed by atoms with Gasteiger partial charge in [-0.2, -0.15) is 0 Å². The number of rotatable bonds is 5. The summed E-state index contributed by atoms with van der Waals surface area (Å²) in [6, 6.07) is 14.9. The Labute approximate surface area is 178 Å². The van der Waals surface area contributed by atoms with E-state index in [0.29, 0.717) is 17.7 Å². The van der Waals surface area contributed by atoms with Crippen molar-refractivity contribution in [3.63, 3.8) is 0 Å². The minimum atomic E-state index is -1.00. The second-order valence-electron chi connectivity index (χ2n) is 7.68. The van der Waals surface area contributed by atoms with Crippen LogP contribution in [0.2, 0.25) is 0 Å². The Morgan fingerprint density at radius 1 is 0.742 bits per heavy atom. The number of hydrogen-bond donors (Lipinski definition) is 4. The average molecular weight is 419 g/mol. The SMILES string of the molecule is O=C(NNC(=O)[C@H]1[C@@H](C(=O)O)[C@H]2C=C[C@H]1C2)c1ccc(NC(=O)c2ccccc2)cc1. The number of benzene rings is 2. The molecule has 8 nitrogen and oxygen atoms in total. The lowest BCUT2D eigenvalue weighted by molar-refractivity contribution is -0.148. The molecule has 0 radical (unpaired) electrons. The summed E-state index contributed by atoms with van der Waals surface area (Å²) in [7, 11) is 0. The van der Waals surface area contributed by atoms with Gasteiger partial charge in [0.05, 0.1) is 11.8 Å². The van der Waals surface area contributed by atoms with Gasteiger partial charge in [0.15, 0.2) is 0 Å². The lowest BCUT2D eigenvalue weighted by Gasteiger charge is -2.23. The molecule has 4 N–H and O–H groups in total. The predicted octanol–water partition coefficient (Wildman–Crippen LogP) is 2.22. The van der Waals surface area contributed by atoms with Gasteiger partial charge in [-0.05, 0) is 54.7 Å². The fourth-order valence-electron chi connectivity index (χ4n) is 4.29. The number of anilines is 1. The number of carbonyl (C=O) groups is 4. The lowest BCUT2D eigenvalue weighted by atomic mass is 9.82. The van der Waals surface area contributed by atoms with Crippen molar-refractivity contribution in [1.82, 2.24) is 10.9 Å². The third kappa shape index (κ3) is 4.18. The van der Waals surface area contributed by atoms with E-state index in [9.17, 15) is 24.3 Å². The molecular weight excluding hydrogens is 398 g/mol. The molecule has 8 heteroatoms. The maximum absolute atomic E-state index is 12.5. The van der Waals surface area contributed by atoms with Crippen LogP contribution in [0.3, 0.4) is 0 Å². The smallest absolute Gasteiger partial charge is 0.307 e. The zero-order chi connectivity index (χ0) is 22.0. The minimum absolute atomic E-state index is 0.129. The molecule has 2 aliphatic rings. The number of carboxylic acid groups (broad SMARTS) is 1. The van der Waals surface area contributed by atoms with Crippen LogP contribution in [0.15, 0.2) is 66.7 Å². The van der Waals surface area contributed by atoms with Crippen molar-refractivity contribution in [1.29, 1.82) is 0 Å². The number of allylic oxidation sites excluding steroid dienone is 2. The molecule has 2 aromatic rings. The van der Waals surface area contributed by atoms with Gasteiger partial charge in [-0.15, -0.1) is 0 Å². The second kappa shape index (κ2) is 8.43. The maximum atomic E-state index is 12.5. The van der Waals surface area contributed by atoms with Gasteiger partial charge >= 0.3 is 5.97 Å². The van der Waals surface area contributed by atoms with E-state index in [-0.39, 0.29) is 23.3 Å². The van der Waals surface area contributed by atoms with E-state index >= 15 is 0 Å². The maximum Gasteiger partial charge on any atom is 0.307 e. The van der Waals surface area contributed by atoms with E-state index < -0.39 is 29.6 Å². The van der Waals surface area contributed by atoms with Crippen LogP contribution in [-0.4, -0.2) is 28.8 Å². The molecule has 2 aromatic carbocycles. The fraction of sp³-hybridized carbons (Fsp3) is 0.217. The first-order valence-corrected chi connectivity index (χ1v) is 9.92. The Balaban J connectivity index is 1.33. The summed E-state index contributed by atoms with van der Waals surface area (Å²) in [5.74, 6) is -4.08. The highest BCUT2D eigenvalue weighted by molar-refractivity contribution is 6.04. The van der Waals surface area contributed by atoms with Gasteiger partial charge in [-0.25, -0.2) is 0 Å². The molecule has 0 saturated heterocycles. The highest BCUT2D eigenvalue weighted by atomic mass is 16.4. The van der Waals surface area contributed by atoms with Gasteiger partial charge in [0, 0.05) is 16.8 Å². The quantitative estimate of drug-likeness (QED) is 0.437. The van der Waals surface area contributed by atoms with Gasteiger partial charge < -0.3 is 10.4 Å². The standard InChI is InChI=1S/C23H21N3O5/c27-20(13-4-2-1-3-5-13)24-17-10-8-14(9-11-17)21(28)25-26-22(29)18-15-6-7-16(12-15)19(18)23(30)31/h1-11,15-16,18-19H,12H2,(H,24,27)(H,25,28)(H,26,29)(H,30,31)/t15-,16-,18+,19-/m0/s1. The second-order valence-corrected chi connectivity index (χ2v) is 7.68. The summed E-state index contributed by atoms with van der Waals surface area (Å²) in [6.45, 7) is 0. The van der Waals surface area contributed by atoms with Crippen molar-refractivity contribution in [3.05, 3.63) is 77.9 Å². The monoisotopic (exact) mass is 419 g/mol. The third-order valence-electron chi connectivity index (χ3n) is 5.79. The molecule has 1 saturated carbocycles. The molecule has 4 atom stereocenters. The molecule has 2 aliphatic carbocycles. The minimum Gasteiger partial charge on any atom is -0.481 e. The number of hydrazine groups is 1. The van der Waals surface area contributed by atoms with E-state index in [2.05, 4.69) is 16.2 Å². The van der Waals surface area contributed by atoms with Crippen LogP contribution in [0.1, 0.15) is 27.1 Å². The molecule has 3 amide bonds. The Hall–Kier alpha value is -3.94. The van der Waals surface area contributed by atoms with E-state index in [4.69, 9.17) is 0 Å². The molecule has 0 aromatic heterocycles. The summed E-state index contributed by atoms with van der Waals surface area (Å²) in [5, 5.41) is 12.2. The molecular formula is C23H21N3O5. The summed E-state index contributed by atoms with van der Waals surface area (Å²) in [6.07, 6.45) is 4.36. The molecule has 0 spiro atoms. The van der Waals surface area contributed by atoms with E-state index in [0.717, 1.165) is 0 Å². The van der Waals surface area contributed by atoms with E-state index in [1.54, 1.807) is 36.4 Å². The highest BCUT2D eigenvalue weighted by Crippen LogP contribution is 2.48. The number of fused-ring (bicyclic) bond motifs is 2. The Kier molecular flexibility index (Phi) is 5.53. The Bertz CT molecular complexity index is 1050. The first-order valence-electron chi connectivity index (χ1n) is 9.92. The van der Waals surface area contributed by atoms with Gasteiger partial charge in [0.25, 0.3) is 11.8 Å². The molecule has 31 heavy (non-hydrogen) atoms. The van der Waals surface area contributed by atoms with Crippen LogP contribution >= 0.6 is 0 Å². The van der Waals surface area contributed by atoms with Gasteiger partial charge in [-0.3, -0.25) is 30.0 Å². The fourth-order valence-corrected chi connectivity index (χ4v) is 4.29. The van der Waals surface area contributed by atoms with Crippen LogP contribution in [0.25, 0.3) is 0 Å². The molecule has 0 heterocycles. The molecule has 0 aliphatic heterocycles. The summed E-state index contributed by atoms with van der Waals surface area (Å²) < 4.78 is 0. The third-order valence-corrected chi connectivity index (χ3v) is 5.79. The number of nitrogens with one attached hydrogen (secondary N) is 3. The van der Waals surface area contributed by atoms with Crippen LogP contribution < -0.4 is 16.2 Å². The molecule has 1 fully saturated rings. The van der Waals surface area contributed by atoms with Gasteiger partial charge in [0.1, 0.15) is 0 Å².